The molecule has 1 aliphatic rings. The van der Waals surface area contributed by atoms with Crippen molar-refractivity contribution < 1.29 is 9.59 Å². The van der Waals surface area contributed by atoms with E-state index in [1.54, 1.807) is 6.07 Å². The van der Waals surface area contributed by atoms with Gasteiger partial charge in [0.15, 0.2) is 5.82 Å². The predicted molar refractivity (Wildman–Crippen MR) is 67.0 cm³/mol. The number of carbonyl (C=O) groups is 2. The maximum Gasteiger partial charge on any atom is 0.256 e. The fourth-order valence-electron chi connectivity index (χ4n) is 1.93. The number of halogens is 1. The highest BCUT2D eigenvalue weighted by Crippen LogP contribution is 2.28. The zero-order valence-electron chi connectivity index (χ0n) is 9.18. The van der Waals surface area contributed by atoms with E-state index in [0.717, 1.165) is 15.8 Å². The van der Waals surface area contributed by atoms with Gasteiger partial charge in [-0.2, -0.15) is 0 Å². The molecule has 0 radical (unpaired) electrons. The molecule has 90 valence electrons. The molecule has 0 bridgehead atoms. The van der Waals surface area contributed by atoms with Crippen LogP contribution in [0, 0.1) is 0 Å². The van der Waals surface area contributed by atoms with E-state index in [4.69, 9.17) is 11.6 Å². The molecule has 3 rings (SSSR count). The molecule has 6 heteroatoms. The van der Waals surface area contributed by atoms with E-state index in [-0.39, 0.29) is 23.4 Å². The van der Waals surface area contributed by atoms with Crippen molar-refractivity contribution in [3.05, 3.63) is 35.5 Å². The number of rotatable bonds is 1. The number of nitrogens with zero attached hydrogens (tertiary/aromatic N) is 2. The van der Waals surface area contributed by atoms with Gasteiger partial charge in [-0.05, 0) is 11.5 Å². The number of aromatic nitrogens is 1. The van der Waals surface area contributed by atoms with E-state index in [0.29, 0.717) is 5.82 Å². The molecular formula is C12H8ClN3O2. The summed E-state index contributed by atoms with van der Waals surface area (Å²) in [4.78, 5) is 27.0. The Morgan fingerprint density at radius 2 is 2.06 bits per heavy atom. The Morgan fingerprint density at radius 1 is 1.28 bits per heavy atom. The normalized spacial score (nSPS) is 15.3. The van der Waals surface area contributed by atoms with Crippen LogP contribution in [0.3, 0.4) is 0 Å². The zero-order valence-corrected chi connectivity index (χ0v) is 9.94. The van der Waals surface area contributed by atoms with Crippen LogP contribution in [-0.4, -0.2) is 16.8 Å². The van der Waals surface area contributed by atoms with E-state index in [1.165, 1.54) is 0 Å². The summed E-state index contributed by atoms with van der Waals surface area (Å²) in [7, 11) is 0. The largest absolute Gasteiger partial charge is 0.273 e. The zero-order chi connectivity index (χ0) is 12.7. The minimum atomic E-state index is -0.342. The van der Waals surface area contributed by atoms with Crippen LogP contribution in [0.1, 0.15) is 6.42 Å². The van der Waals surface area contributed by atoms with Crippen LogP contribution in [0.4, 0.5) is 5.82 Å². The van der Waals surface area contributed by atoms with Gasteiger partial charge in [-0.1, -0.05) is 35.9 Å². The van der Waals surface area contributed by atoms with Gasteiger partial charge in [-0.3, -0.25) is 15.0 Å². The monoisotopic (exact) mass is 261 g/mol. The second-order valence-electron chi connectivity index (χ2n) is 3.93. The topological polar surface area (TPSA) is 62.3 Å². The summed E-state index contributed by atoms with van der Waals surface area (Å²) < 4.78 is 0. The number of fused-ring (bicyclic) bond motifs is 1. The number of nitrogens with one attached hydrogen (secondary N) is 1. The first-order chi connectivity index (χ1) is 8.65. The number of benzene rings is 1. The van der Waals surface area contributed by atoms with Crippen LogP contribution >= 0.6 is 11.6 Å². The summed E-state index contributed by atoms with van der Waals surface area (Å²) in [6.07, 6.45) is -0.164. The lowest BCUT2D eigenvalue weighted by molar-refractivity contribution is -0.122. The van der Waals surface area contributed by atoms with Crippen LogP contribution in [-0.2, 0) is 9.59 Å². The first-order valence-electron chi connectivity index (χ1n) is 5.33. The molecule has 5 nitrogen and oxygen atoms in total. The van der Waals surface area contributed by atoms with Crippen molar-refractivity contribution >= 4 is 40.0 Å². The lowest BCUT2D eigenvalue weighted by Crippen LogP contribution is -2.36. The van der Waals surface area contributed by atoms with Crippen molar-refractivity contribution in [3.8, 4) is 0 Å². The van der Waals surface area contributed by atoms with Gasteiger partial charge in [0.1, 0.15) is 11.6 Å². The number of carbonyl (C=O) groups excluding carboxylic acids is 2. The number of anilines is 1. The van der Waals surface area contributed by atoms with Gasteiger partial charge in [0.2, 0.25) is 5.91 Å². The lowest BCUT2D eigenvalue weighted by atomic mass is 10.1. The van der Waals surface area contributed by atoms with Crippen LogP contribution in [0.2, 0.25) is 5.15 Å². The van der Waals surface area contributed by atoms with Gasteiger partial charge in [-0.25, -0.2) is 9.99 Å². The molecule has 1 saturated heterocycles. The molecule has 0 unspecified atom stereocenters. The Bertz CT molecular complexity index is 671. The maximum absolute atomic E-state index is 11.7. The summed E-state index contributed by atoms with van der Waals surface area (Å²) >= 11 is 5.92. The number of hydrogen-bond acceptors (Lipinski definition) is 3. The quantitative estimate of drug-likeness (QED) is 0.627. The third kappa shape index (κ3) is 1.69. The molecule has 0 saturated carbocycles. The first kappa shape index (κ1) is 11.0. The maximum atomic E-state index is 11.7. The molecule has 18 heavy (non-hydrogen) atoms. The molecule has 1 N–H and O–H groups in total. The molecule has 0 spiro atoms. The second kappa shape index (κ2) is 3.96. The Balaban J connectivity index is 2.22. The van der Waals surface area contributed by atoms with Gasteiger partial charge in [-0.15, -0.1) is 0 Å². The average Bonchev–Trinajstić information content (AvgIpc) is 2.67. The standard InChI is InChI=1S/C12H8ClN3O2/c13-9-5-7-3-1-2-4-8(7)12(14-9)16-11(18)6-10(17)15-16/h1-5H,6H2,(H,15,17). The van der Waals surface area contributed by atoms with E-state index in [9.17, 15) is 9.59 Å². The summed E-state index contributed by atoms with van der Waals surface area (Å²) in [6.45, 7) is 0. The van der Waals surface area contributed by atoms with Crippen LogP contribution < -0.4 is 10.4 Å². The summed E-state index contributed by atoms with van der Waals surface area (Å²) in [5.41, 5.74) is 2.46. The lowest BCUT2D eigenvalue weighted by Gasteiger charge is -2.16. The van der Waals surface area contributed by atoms with E-state index in [2.05, 4.69) is 10.4 Å². The highest BCUT2D eigenvalue weighted by atomic mass is 35.5. The van der Waals surface area contributed by atoms with Crippen molar-refractivity contribution in [3.63, 3.8) is 0 Å². The van der Waals surface area contributed by atoms with Gasteiger partial charge in [0.25, 0.3) is 5.91 Å². The third-order valence-electron chi connectivity index (χ3n) is 2.70. The SMILES string of the molecule is O=C1CC(=O)N(c2nc(Cl)cc3ccccc23)N1. The van der Waals surface area contributed by atoms with E-state index < -0.39 is 0 Å². The number of hydrazine groups is 1. The summed E-state index contributed by atoms with van der Waals surface area (Å²) in [5.74, 6) is -0.320. The molecule has 1 aromatic carbocycles. The molecule has 2 heterocycles. The smallest absolute Gasteiger partial charge is 0.256 e. The Kier molecular flexibility index (Phi) is 2.41. The van der Waals surface area contributed by atoms with Crippen molar-refractivity contribution in [1.29, 1.82) is 0 Å². The highest BCUT2D eigenvalue weighted by Gasteiger charge is 2.30. The van der Waals surface area contributed by atoms with Gasteiger partial charge >= 0.3 is 0 Å². The minimum absolute atomic E-state index is 0.164. The predicted octanol–water partition coefficient (Wildman–Crippen LogP) is 1.66. The highest BCUT2D eigenvalue weighted by molar-refractivity contribution is 6.30. The second-order valence-corrected chi connectivity index (χ2v) is 4.32. The molecule has 1 aliphatic heterocycles. The van der Waals surface area contributed by atoms with Crippen molar-refractivity contribution in [1.82, 2.24) is 10.4 Å². The Hall–Kier alpha value is -2.14. The van der Waals surface area contributed by atoms with Crippen molar-refractivity contribution in [2.45, 2.75) is 6.42 Å². The number of pyridine rings is 1. The van der Waals surface area contributed by atoms with E-state index in [1.807, 2.05) is 24.3 Å². The van der Waals surface area contributed by atoms with Crippen molar-refractivity contribution in [2.24, 2.45) is 0 Å². The molecule has 1 aromatic heterocycles. The summed E-state index contributed by atoms with van der Waals surface area (Å²) in [5, 5.41) is 3.05. The van der Waals surface area contributed by atoms with Gasteiger partial charge < -0.3 is 0 Å². The van der Waals surface area contributed by atoms with Crippen LogP contribution in [0.15, 0.2) is 30.3 Å². The Labute approximate surface area is 107 Å². The molecule has 2 aromatic rings. The first-order valence-corrected chi connectivity index (χ1v) is 5.71. The van der Waals surface area contributed by atoms with E-state index >= 15 is 0 Å². The minimum Gasteiger partial charge on any atom is -0.273 e. The molecular weight excluding hydrogens is 254 g/mol. The van der Waals surface area contributed by atoms with Gasteiger partial charge in [0.05, 0.1) is 0 Å². The van der Waals surface area contributed by atoms with Crippen LogP contribution in [0.25, 0.3) is 10.8 Å². The molecule has 2 amide bonds. The Morgan fingerprint density at radius 3 is 2.78 bits per heavy atom. The number of hydrogen-bond donors (Lipinski definition) is 1. The molecule has 0 atom stereocenters. The van der Waals surface area contributed by atoms with Crippen LogP contribution in [0.5, 0.6) is 0 Å². The molecule has 1 fully saturated rings. The fourth-order valence-corrected chi connectivity index (χ4v) is 2.13. The number of amides is 2. The van der Waals surface area contributed by atoms with Gasteiger partial charge in [0, 0.05) is 5.39 Å². The summed E-state index contributed by atoms with van der Waals surface area (Å²) in [6, 6.07) is 9.11. The van der Waals surface area contributed by atoms with Crippen molar-refractivity contribution in [2.75, 3.05) is 5.01 Å². The molecule has 0 aliphatic carbocycles. The fraction of sp³-hybridized carbons (Fsp3) is 0.0833. The average molecular weight is 262 g/mol. The third-order valence-corrected chi connectivity index (χ3v) is 2.89.